The van der Waals surface area contributed by atoms with Crippen LogP contribution in [0.2, 0.25) is 5.02 Å². The molecule has 0 atom stereocenters. The van der Waals surface area contributed by atoms with E-state index in [1.165, 1.54) is 17.9 Å². The van der Waals surface area contributed by atoms with Gasteiger partial charge in [-0.25, -0.2) is 14.4 Å². The quantitative estimate of drug-likeness (QED) is 0.483. The number of hydrogen-bond donors (Lipinski definition) is 1. The molecule has 0 aliphatic carbocycles. The Hall–Kier alpha value is -3.76. The smallest absolute Gasteiger partial charge is 0.246 e. The lowest BCUT2D eigenvalue weighted by Gasteiger charge is -2.36. The number of carbonyl (C=O) groups excluding carboxylic acids is 2. The molecule has 39 heavy (non-hydrogen) atoms. The van der Waals surface area contributed by atoms with Gasteiger partial charge in [0.15, 0.2) is 11.6 Å². The molecule has 3 aromatic rings. The second-order valence-corrected chi connectivity index (χ2v) is 10.2. The van der Waals surface area contributed by atoms with Crippen LogP contribution < -0.4 is 20.0 Å². The molecule has 0 radical (unpaired) electrons. The number of benzene rings is 2. The van der Waals surface area contributed by atoms with Crippen LogP contribution in [0.5, 0.6) is 0 Å². The molecule has 0 saturated carbocycles. The largest absolute Gasteiger partial charge is 0.369 e. The fourth-order valence-electron chi connectivity index (χ4n) is 4.88. The van der Waals surface area contributed by atoms with Crippen molar-refractivity contribution in [1.82, 2.24) is 20.2 Å². The SMILES string of the molecule is CC(=O)NCCN1CCN(c2ccc(-c3ncc4c(n3)N(Cc3ccc(Cl)cc3F)CC(=O)N4C)cc2)CC1. The zero-order valence-corrected chi connectivity index (χ0v) is 22.8. The summed E-state index contributed by atoms with van der Waals surface area (Å²) in [6.07, 6.45) is 1.65. The topological polar surface area (TPSA) is 84.9 Å². The predicted molar refractivity (Wildman–Crippen MR) is 151 cm³/mol. The van der Waals surface area contributed by atoms with Gasteiger partial charge in [-0.05, 0) is 36.4 Å². The first kappa shape index (κ1) is 26.8. The summed E-state index contributed by atoms with van der Waals surface area (Å²) in [6.45, 7) is 7.01. The van der Waals surface area contributed by atoms with Crippen molar-refractivity contribution in [3.05, 3.63) is 65.1 Å². The van der Waals surface area contributed by atoms with E-state index in [0.717, 1.165) is 44.0 Å². The molecule has 5 rings (SSSR count). The number of piperazine rings is 1. The Morgan fingerprint density at radius 1 is 1.10 bits per heavy atom. The van der Waals surface area contributed by atoms with Crippen molar-refractivity contribution in [2.75, 3.05) is 67.6 Å². The van der Waals surface area contributed by atoms with Crippen molar-refractivity contribution in [1.29, 1.82) is 0 Å². The Morgan fingerprint density at radius 2 is 1.85 bits per heavy atom. The van der Waals surface area contributed by atoms with Gasteiger partial charge in [-0.1, -0.05) is 17.7 Å². The number of likely N-dealkylation sites (N-methyl/N-ethyl adjacent to an activating group) is 1. The van der Waals surface area contributed by atoms with Crippen LogP contribution >= 0.6 is 11.6 Å². The summed E-state index contributed by atoms with van der Waals surface area (Å²) in [6, 6.07) is 12.7. The maximum Gasteiger partial charge on any atom is 0.246 e. The van der Waals surface area contributed by atoms with Crippen molar-refractivity contribution in [3.63, 3.8) is 0 Å². The number of nitrogens with one attached hydrogen (secondary N) is 1. The maximum atomic E-state index is 14.5. The molecule has 9 nitrogen and oxygen atoms in total. The summed E-state index contributed by atoms with van der Waals surface area (Å²) in [5.41, 5.74) is 3.00. The van der Waals surface area contributed by atoms with E-state index in [1.54, 1.807) is 30.3 Å². The lowest BCUT2D eigenvalue weighted by molar-refractivity contribution is -0.119. The van der Waals surface area contributed by atoms with Gasteiger partial charge in [-0.15, -0.1) is 0 Å². The first-order valence-corrected chi connectivity index (χ1v) is 13.3. The molecular formula is C28H31ClFN7O2. The number of halogens is 2. The molecule has 1 fully saturated rings. The second kappa shape index (κ2) is 11.5. The minimum Gasteiger partial charge on any atom is -0.369 e. The average molecular weight is 552 g/mol. The van der Waals surface area contributed by atoms with Crippen molar-refractivity contribution in [2.45, 2.75) is 13.5 Å². The highest BCUT2D eigenvalue weighted by atomic mass is 35.5. The van der Waals surface area contributed by atoms with Crippen molar-refractivity contribution < 1.29 is 14.0 Å². The molecule has 0 spiro atoms. The summed E-state index contributed by atoms with van der Waals surface area (Å²) in [4.78, 5) is 41.1. The Kier molecular flexibility index (Phi) is 7.94. The molecule has 1 saturated heterocycles. The van der Waals surface area contributed by atoms with E-state index in [1.807, 2.05) is 12.1 Å². The van der Waals surface area contributed by atoms with Crippen LogP contribution in [0.4, 0.5) is 21.6 Å². The molecule has 3 heterocycles. The summed E-state index contributed by atoms with van der Waals surface area (Å²) >= 11 is 5.91. The Labute approximate surface area is 232 Å². The molecule has 2 aliphatic rings. The van der Waals surface area contributed by atoms with Crippen LogP contribution in [0, 0.1) is 5.82 Å². The first-order chi connectivity index (χ1) is 18.8. The van der Waals surface area contributed by atoms with Gasteiger partial charge in [-0.3, -0.25) is 14.5 Å². The zero-order chi connectivity index (χ0) is 27.5. The van der Waals surface area contributed by atoms with Crippen LogP contribution in [0.25, 0.3) is 11.4 Å². The number of hydrogen-bond acceptors (Lipinski definition) is 7. The van der Waals surface area contributed by atoms with Gasteiger partial charge in [0.05, 0.1) is 12.7 Å². The lowest BCUT2D eigenvalue weighted by atomic mass is 10.1. The number of carbonyl (C=O) groups is 2. The minimum atomic E-state index is -0.422. The normalized spacial score (nSPS) is 15.9. The number of fused-ring (bicyclic) bond motifs is 1. The number of anilines is 3. The van der Waals surface area contributed by atoms with E-state index in [4.69, 9.17) is 16.6 Å². The van der Waals surface area contributed by atoms with Crippen LogP contribution in [-0.4, -0.2) is 79.5 Å². The van der Waals surface area contributed by atoms with E-state index in [2.05, 4.69) is 32.2 Å². The molecule has 204 valence electrons. The highest BCUT2D eigenvalue weighted by Crippen LogP contribution is 2.34. The molecule has 1 N–H and O–H groups in total. The highest BCUT2D eigenvalue weighted by Gasteiger charge is 2.29. The second-order valence-electron chi connectivity index (χ2n) is 9.81. The summed E-state index contributed by atoms with van der Waals surface area (Å²) in [5.74, 6) is 0.574. The van der Waals surface area contributed by atoms with E-state index in [-0.39, 0.29) is 24.9 Å². The fraction of sp³-hybridized carbons (Fsp3) is 0.357. The summed E-state index contributed by atoms with van der Waals surface area (Å²) in [7, 11) is 1.69. The molecule has 1 aromatic heterocycles. The molecule has 2 amide bonds. The van der Waals surface area contributed by atoms with Crippen LogP contribution in [-0.2, 0) is 16.1 Å². The van der Waals surface area contributed by atoms with Gasteiger partial charge in [-0.2, -0.15) is 0 Å². The number of nitrogens with zero attached hydrogens (tertiary/aromatic N) is 6. The first-order valence-electron chi connectivity index (χ1n) is 12.9. The highest BCUT2D eigenvalue weighted by molar-refractivity contribution is 6.30. The fourth-order valence-corrected chi connectivity index (χ4v) is 5.04. The number of rotatable bonds is 7. The third-order valence-corrected chi connectivity index (χ3v) is 7.39. The number of aromatic nitrogens is 2. The lowest BCUT2D eigenvalue weighted by Crippen LogP contribution is -2.48. The average Bonchev–Trinajstić information content (AvgIpc) is 2.93. The summed E-state index contributed by atoms with van der Waals surface area (Å²) in [5, 5.41) is 3.17. The maximum absolute atomic E-state index is 14.5. The molecule has 2 aromatic carbocycles. The van der Waals surface area contributed by atoms with Gasteiger partial charge < -0.3 is 20.0 Å². The minimum absolute atomic E-state index is 0.000280. The van der Waals surface area contributed by atoms with E-state index >= 15 is 0 Å². The van der Waals surface area contributed by atoms with Crippen molar-refractivity contribution in [3.8, 4) is 11.4 Å². The molecule has 11 heteroatoms. The molecule has 0 bridgehead atoms. The predicted octanol–water partition coefficient (Wildman–Crippen LogP) is 3.18. The van der Waals surface area contributed by atoms with Crippen LogP contribution in [0.1, 0.15) is 12.5 Å². The standard InChI is InChI=1S/C28H31ClFN7O2/c1-19(38)31-9-10-35-11-13-36(14-12-35)23-7-4-20(5-8-23)27-32-16-25-28(33-27)37(18-26(39)34(25)2)17-21-3-6-22(29)15-24(21)30/h3-8,15-16H,9-14,17-18H2,1-2H3,(H,31,38). The van der Waals surface area contributed by atoms with Crippen LogP contribution in [0.15, 0.2) is 48.7 Å². The third-order valence-electron chi connectivity index (χ3n) is 7.15. The Bertz CT molecular complexity index is 1360. The van der Waals surface area contributed by atoms with Gasteiger partial charge in [0.25, 0.3) is 0 Å². The molecule has 2 aliphatic heterocycles. The van der Waals surface area contributed by atoms with Gasteiger partial charge >= 0.3 is 0 Å². The molecular weight excluding hydrogens is 521 g/mol. The van der Waals surface area contributed by atoms with Crippen LogP contribution in [0.3, 0.4) is 0 Å². The third kappa shape index (κ3) is 6.12. The van der Waals surface area contributed by atoms with Crippen molar-refractivity contribution in [2.24, 2.45) is 0 Å². The van der Waals surface area contributed by atoms with E-state index in [9.17, 15) is 14.0 Å². The van der Waals surface area contributed by atoms with Crippen molar-refractivity contribution >= 4 is 40.6 Å². The Balaban J connectivity index is 1.30. The monoisotopic (exact) mass is 551 g/mol. The Morgan fingerprint density at radius 3 is 2.54 bits per heavy atom. The number of amides is 2. The van der Waals surface area contributed by atoms with Gasteiger partial charge in [0.1, 0.15) is 11.5 Å². The van der Waals surface area contributed by atoms with Gasteiger partial charge in [0.2, 0.25) is 11.8 Å². The van der Waals surface area contributed by atoms with Gasteiger partial charge in [0, 0.05) is 81.6 Å². The molecule has 0 unspecified atom stereocenters. The van der Waals surface area contributed by atoms with E-state index < -0.39 is 5.82 Å². The van der Waals surface area contributed by atoms with E-state index in [0.29, 0.717) is 34.5 Å². The summed E-state index contributed by atoms with van der Waals surface area (Å²) < 4.78 is 14.5. The zero-order valence-electron chi connectivity index (χ0n) is 22.0.